The largest absolute Gasteiger partial charge is 0.360 e. The number of rotatable bonds is 5. The average Bonchev–Trinajstić information content (AvgIpc) is 2.50. The Morgan fingerprint density at radius 3 is 1.42 bits per heavy atom. The van der Waals surface area contributed by atoms with Crippen LogP contribution in [0.3, 0.4) is 0 Å². The van der Waals surface area contributed by atoms with Crippen molar-refractivity contribution in [2.45, 2.75) is 87.8 Å². The van der Waals surface area contributed by atoms with Crippen LogP contribution in [0.4, 0.5) is 0 Å². The molecule has 0 aromatic heterocycles. The van der Waals surface area contributed by atoms with E-state index in [-0.39, 0.29) is 5.91 Å². The first-order valence-electron chi connectivity index (χ1n) is 8.29. The van der Waals surface area contributed by atoms with Crippen LogP contribution in [0.15, 0.2) is 0 Å². The second-order valence-corrected chi connectivity index (χ2v) is 11.7. The molecule has 0 bridgehead atoms. The number of ether oxygens (including phenoxy) is 2. The van der Waals surface area contributed by atoms with Crippen LogP contribution in [-0.2, 0) is 9.47 Å². The van der Waals surface area contributed by atoms with Crippen molar-refractivity contribution in [2.75, 3.05) is 14.2 Å². The van der Waals surface area contributed by atoms with Crippen molar-refractivity contribution in [2.24, 2.45) is 0 Å². The zero-order valence-electron chi connectivity index (χ0n) is 13.1. The lowest BCUT2D eigenvalue weighted by Crippen LogP contribution is -2.55. The van der Waals surface area contributed by atoms with Gasteiger partial charge in [0, 0.05) is 14.2 Å². The van der Waals surface area contributed by atoms with Crippen LogP contribution in [0.1, 0.15) is 64.2 Å². The number of methoxy groups -OCH3 is 2. The minimum Gasteiger partial charge on any atom is -0.360 e. The highest BCUT2D eigenvalue weighted by molar-refractivity contribution is 6.82. The summed E-state index contributed by atoms with van der Waals surface area (Å²) in [7, 11) is 2.18. The molecule has 2 fully saturated rings. The summed E-state index contributed by atoms with van der Waals surface area (Å²) in [5, 5.41) is 0. The zero-order valence-corrected chi connectivity index (χ0v) is 14.1. The Morgan fingerprint density at radius 1 is 0.737 bits per heavy atom. The van der Waals surface area contributed by atoms with Gasteiger partial charge in [0.2, 0.25) is 0 Å². The molecule has 0 aromatic rings. The fourth-order valence-corrected chi connectivity index (χ4v) is 10.5. The van der Waals surface area contributed by atoms with Gasteiger partial charge in [-0.25, -0.2) is 0 Å². The molecule has 0 aromatic carbocycles. The molecule has 112 valence electrons. The maximum absolute atomic E-state index is 5.81. The van der Waals surface area contributed by atoms with Gasteiger partial charge in [-0.15, -0.1) is 0 Å². The normalized spacial score (nSPS) is 24.0. The Hall–Kier alpha value is 0.137. The van der Waals surface area contributed by atoms with Gasteiger partial charge in [-0.05, 0) is 11.1 Å². The first-order valence-corrected chi connectivity index (χ1v) is 11.0. The topological polar surface area (TPSA) is 18.5 Å². The summed E-state index contributed by atoms with van der Waals surface area (Å²) in [4.78, 5) is 0. The molecule has 2 aliphatic carbocycles. The van der Waals surface area contributed by atoms with Crippen LogP contribution in [0.5, 0.6) is 0 Å². The molecule has 2 nitrogen and oxygen atoms in total. The molecule has 2 saturated carbocycles. The van der Waals surface area contributed by atoms with Crippen LogP contribution in [0, 0.1) is 0 Å². The first kappa shape index (κ1) is 15.5. The van der Waals surface area contributed by atoms with Crippen molar-refractivity contribution < 1.29 is 9.47 Å². The Balaban J connectivity index is 2.18. The number of hydrogen-bond acceptors (Lipinski definition) is 2. The van der Waals surface area contributed by atoms with Crippen LogP contribution in [0.25, 0.3) is 0 Å². The van der Waals surface area contributed by atoms with Crippen LogP contribution in [0.2, 0.25) is 17.6 Å². The molecule has 0 spiro atoms. The third-order valence-electron chi connectivity index (χ3n) is 5.91. The molecule has 2 aliphatic rings. The molecule has 0 N–H and O–H groups in total. The van der Waals surface area contributed by atoms with E-state index in [0.29, 0.717) is 0 Å². The Labute approximate surface area is 120 Å². The monoisotopic (exact) mass is 284 g/mol. The van der Waals surface area contributed by atoms with Crippen LogP contribution in [-0.4, -0.2) is 28.2 Å². The van der Waals surface area contributed by atoms with Gasteiger partial charge in [0.25, 0.3) is 0 Å². The second kappa shape index (κ2) is 7.23. The highest BCUT2D eigenvalue weighted by Crippen LogP contribution is 2.50. The maximum Gasteiger partial charge on any atom is 0.141 e. The molecule has 19 heavy (non-hydrogen) atoms. The minimum absolute atomic E-state index is 0.110. The third-order valence-corrected chi connectivity index (χ3v) is 12.1. The summed E-state index contributed by atoms with van der Waals surface area (Å²) in [6.07, 6.45) is 14.3. The van der Waals surface area contributed by atoms with E-state index in [1.165, 1.54) is 64.2 Å². The highest BCUT2D eigenvalue weighted by atomic mass is 28.3. The van der Waals surface area contributed by atoms with E-state index < -0.39 is 8.07 Å². The molecule has 0 radical (unpaired) electrons. The van der Waals surface area contributed by atoms with Gasteiger partial charge in [-0.1, -0.05) is 70.8 Å². The average molecular weight is 285 g/mol. The summed E-state index contributed by atoms with van der Waals surface area (Å²) in [6, 6.07) is 0. The van der Waals surface area contributed by atoms with Crippen LogP contribution >= 0.6 is 0 Å². The van der Waals surface area contributed by atoms with Gasteiger partial charge in [0.1, 0.15) is 14.0 Å². The SMILES string of the molecule is COC(OC)[Si](C)(C1CCCCC1)C1CCCCC1. The quantitative estimate of drug-likeness (QED) is 0.528. The standard InChI is InChI=1S/C16H32O2Si/c1-17-16(18-2)19(3,14-10-6-4-7-11-14)15-12-8-5-9-13-15/h14-16H,4-13H2,1-3H3. The van der Waals surface area contributed by atoms with Crippen molar-refractivity contribution in [3.05, 3.63) is 0 Å². The predicted octanol–water partition coefficient (Wildman–Crippen LogP) is 4.89. The van der Waals surface area contributed by atoms with Crippen molar-refractivity contribution >= 4 is 8.07 Å². The van der Waals surface area contributed by atoms with Crippen molar-refractivity contribution in [1.82, 2.24) is 0 Å². The molecular formula is C16H32O2Si. The lowest BCUT2D eigenvalue weighted by molar-refractivity contribution is -0.0538. The summed E-state index contributed by atoms with van der Waals surface area (Å²) in [5.74, 6) is 0.110. The summed E-state index contributed by atoms with van der Waals surface area (Å²) < 4.78 is 11.6. The lowest BCUT2D eigenvalue weighted by atomic mass is 9.99. The van der Waals surface area contributed by atoms with Gasteiger partial charge in [0.15, 0.2) is 0 Å². The Morgan fingerprint density at radius 2 is 1.11 bits per heavy atom. The number of hydrogen-bond donors (Lipinski definition) is 0. The maximum atomic E-state index is 5.81. The summed E-state index contributed by atoms with van der Waals surface area (Å²) in [6.45, 7) is 2.59. The Bertz CT molecular complexity index is 235. The first-order chi connectivity index (χ1) is 9.23. The Kier molecular flexibility index (Phi) is 5.91. The minimum atomic E-state index is -1.52. The zero-order chi connectivity index (χ0) is 13.7. The van der Waals surface area contributed by atoms with E-state index in [9.17, 15) is 0 Å². The van der Waals surface area contributed by atoms with E-state index >= 15 is 0 Å². The summed E-state index contributed by atoms with van der Waals surface area (Å²) >= 11 is 0. The molecule has 0 heterocycles. The van der Waals surface area contributed by atoms with E-state index in [4.69, 9.17) is 9.47 Å². The molecule has 0 atom stereocenters. The smallest absolute Gasteiger partial charge is 0.141 e. The van der Waals surface area contributed by atoms with Gasteiger partial charge >= 0.3 is 0 Å². The molecule has 2 rings (SSSR count). The van der Waals surface area contributed by atoms with Gasteiger partial charge in [-0.3, -0.25) is 0 Å². The lowest BCUT2D eigenvalue weighted by Gasteiger charge is -2.48. The van der Waals surface area contributed by atoms with Crippen molar-refractivity contribution in [1.29, 1.82) is 0 Å². The molecule has 0 unspecified atom stereocenters. The molecular weight excluding hydrogens is 252 g/mol. The molecule has 3 heteroatoms. The molecule has 0 saturated heterocycles. The van der Waals surface area contributed by atoms with Crippen molar-refractivity contribution in [3.63, 3.8) is 0 Å². The fraction of sp³-hybridized carbons (Fsp3) is 1.00. The van der Waals surface area contributed by atoms with Gasteiger partial charge in [-0.2, -0.15) is 0 Å². The highest BCUT2D eigenvalue weighted by Gasteiger charge is 2.50. The van der Waals surface area contributed by atoms with Gasteiger partial charge < -0.3 is 9.47 Å². The third kappa shape index (κ3) is 3.25. The van der Waals surface area contributed by atoms with Crippen molar-refractivity contribution in [3.8, 4) is 0 Å². The van der Waals surface area contributed by atoms with E-state index in [2.05, 4.69) is 6.55 Å². The van der Waals surface area contributed by atoms with Gasteiger partial charge in [0.05, 0.1) is 0 Å². The summed E-state index contributed by atoms with van der Waals surface area (Å²) in [5.41, 5.74) is 1.85. The fourth-order valence-electron chi connectivity index (χ4n) is 4.77. The van der Waals surface area contributed by atoms with Crippen LogP contribution < -0.4 is 0 Å². The molecule has 0 amide bonds. The molecule has 0 aliphatic heterocycles. The predicted molar refractivity (Wildman–Crippen MR) is 83.1 cm³/mol. The van der Waals surface area contributed by atoms with E-state index in [0.717, 1.165) is 11.1 Å². The van der Waals surface area contributed by atoms with E-state index in [1.807, 2.05) is 14.2 Å². The second-order valence-electron chi connectivity index (χ2n) is 6.84. The van der Waals surface area contributed by atoms with E-state index in [1.54, 1.807) is 0 Å².